The molecule has 0 radical (unpaired) electrons. The average Bonchev–Trinajstić information content (AvgIpc) is 2.51. The van der Waals surface area contributed by atoms with Gasteiger partial charge in [0.1, 0.15) is 11.4 Å². The number of nitrogens with zero attached hydrogens (tertiary/aromatic N) is 2. The van der Waals surface area contributed by atoms with Gasteiger partial charge in [-0.1, -0.05) is 39.2 Å². The summed E-state index contributed by atoms with van der Waals surface area (Å²) >= 11 is 0. The minimum absolute atomic E-state index is 0.0949. The topological polar surface area (TPSA) is 70.5 Å². The monoisotopic (exact) mass is 306 g/mol. The zero-order valence-corrected chi connectivity index (χ0v) is 13.7. The zero-order valence-electron chi connectivity index (χ0n) is 13.7. The van der Waals surface area contributed by atoms with Crippen LogP contribution in [-0.2, 0) is 0 Å². The molecular weight excluding hydrogens is 280 g/mol. The lowest BCUT2D eigenvalue weighted by molar-refractivity contribution is 0.0671. The van der Waals surface area contributed by atoms with Crippen molar-refractivity contribution in [2.45, 2.75) is 58.9 Å². The predicted molar refractivity (Wildman–Crippen MR) is 86.1 cm³/mol. The number of amides is 1. The van der Waals surface area contributed by atoms with E-state index in [0.717, 1.165) is 32.1 Å². The summed E-state index contributed by atoms with van der Waals surface area (Å²) in [4.78, 5) is 29.5. The molecule has 0 saturated carbocycles. The van der Waals surface area contributed by atoms with Gasteiger partial charge in [0.05, 0.1) is 0 Å². The molecule has 1 amide bonds. The smallest absolute Gasteiger partial charge is 0.354 e. The highest BCUT2D eigenvalue weighted by molar-refractivity contribution is 5.94. The third-order valence-corrected chi connectivity index (χ3v) is 3.69. The van der Waals surface area contributed by atoms with Crippen LogP contribution in [0.1, 0.15) is 73.9 Å². The maximum atomic E-state index is 12.7. The van der Waals surface area contributed by atoms with Gasteiger partial charge in [0.25, 0.3) is 5.91 Å². The van der Waals surface area contributed by atoms with Gasteiger partial charge < -0.3 is 10.0 Å². The predicted octanol–water partition coefficient (Wildman–Crippen LogP) is 3.60. The second-order valence-corrected chi connectivity index (χ2v) is 5.56. The molecule has 0 aliphatic heterocycles. The number of hydrogen-bond donors (Lipinski definition) is 1. The Bertz CT molecular complexity index is 502. The van der Waals surface area contributed by atoms with Crippen molar-refractivity contribution in [3.05, 3.63) is 29.6 Å². The Labute approximate surface area is 132 Å². The molecule has 5 nitrogen and oxygen atoms in total. The van der Waals surface area contributed by atoms with E-state index in [1.54, 1.807) is 12.1 Å². The van der Waals surface area contributed by atoms with Gasteiger partial charge >= 0.3 is 5.97 Å². The molecule has 5 heteroatoms. The van der Waals surface area contributed by atoms with Crippen molar-refractivity contribution in [1.82, 2.24) is 9.88 Å². The summed E-state index contributed by atoms with van der Waals surface area (Å²) in [6, 6.07) is 4.68. The largest absolute Gasteiger partial charge is 0.477 e. The summed E-state index contributed by atoms with van der Waals surface area (Å²) in [5.41, 5.74) is 0.113. The Hall–Kier alpha value is -1.91. The first kappa shape index (κ1) is 18.1. The van der Waals surface area contributed by atoms with Crippen LogP contribution in [0.2, 0.25) is 0 Å². The van der Waals surface area contributed by atoms with Crippen LogP contribution in [0.4, 0.5) is 0 Å². The molecule has 1 aromatic rings. The number of pyridine rings is 1. The molecule has 1 N–H and O–H groups in total. The van der Waals surface area contributed by atoms with Crippen molar-refractivity contribution in [3.8, 4) is 0 Å². The Kier molecular flexibility index (Phi) is 7.57. The van der Waals surface area contributed by atoms with Gasteiger partial charge in [0.2, 0.25) is 0 Å². The number of carbonyl (C=O) groups is 2. The first-order valence-electron chi connectivity index (χ1n) is 8.02. The number of rotatable bonds is 9. The highest BCUT2D eigenvalue weighted by Gasteiger charge is 2.22. The maximum Gasteiger partial charge on any atom is 0.354 e. The molecule has 0 aliphatic rings. The second kappa shape index (κ2) is 9.18. The van der Waals surface area contributed by atoms with Crippen molar-refractivity contribution >= 4 is 11.9 Å². The van der Waals surface area contributed by atoms with Crippen LogP contribution < -0.4 is 0 Å². The van der Waals surface area contributed by atoms with Gasteiger partial charge in [0.15, 0.2) is 0 Å². The van der Waals surface area contributed by atoms with E-state index >= 15 is 0 Å². The first-order chi connectivity index (χ1) is 10.5. The number of hydrogen-bond acceptors (Lipinski definition) is 3. The van der Waals surface area contributed by atoms with Crippen LogP contribution in [0.3, 0.4) is 0 Å². The first-order valence-corrected chi connectivity index (χ1v) is 8.02. The molecule has 0 aromatic carbocycles. The van der Waals surface area contributed by atoms with E-state index in [0.29, 0.717) is 6.54 Å². The van der Waals surface area contributed by atoms with Gasteiger partial charge in [-0.15, -0.1) is 0 Å². The second-order valence-electron chi connectivity index (χ2n) is 5.56. The molecule has 1 heterocycles. The number of unbranched alkanes of at least 4 members (excludes halogenated alkanes) is 2. The SMILES string of the molecule is CCCCCN(C(=O)c1cccc(C(=O)O)n1)C(C)CCC. The van der Waals surface area contributed by atoms with Crippen LogP contribution >= 0.6 is 0 Å². The van der Waals surface area contributed by atoms with Crippen molar-refractivity contribution in [3.63, 3.8) is 0 Å². The van der Waals surface area contributed by atoms with Crippen molar-refractivity contribution in [1.29, 1.82) is 0 Å². The Morgan fingerprint density at radius 2 is 1.86 bits per heavy atom. The lowest BCUT2D eigenvalue weighted by Crippen LogP contribution is -2.39. The van der Waals surface area contributed by atoms with Crippen LogP contribution in [0.5, 0.6) is 0 Å². The summed E-state index contributed by atoms with van der Waals surface area (Å²) < 4.78 is 0. The molecule has 0 bridgehead atoms. The molecule has 0 aliphatic carbocycles. The minimum Gasteiger partial charge on any atom is -0.477 e. The Morgan fingerprint density at radius 3 is 2.45 bits per heavy atom. The van der Waals surface area contributed by atoms with Gasteiger partial charge in [-0.3, -0.25) is 4.79 Å². The summed E-state index contributed by atoms with van der Waals surface area (Å²) in [5.74, 6) is -1.30. The van der Waals surface area contributed by atoms with Crippen LogP contribution in [-0.4, -0.2) is 39.5 Å². The molecule has 22 heavy (non-hydrogen) atoms. The van der Waals surface area contributed by atoms with Crippen molar-refractivity contribution < 1.29 is 14.7 Å². The fourth-order valence-corrected chi connectivity index (χ4v) is 2.45. The van der Waals surface area contributed by atoms with Gasteiger partial charge in [-0.25, -0.2) is 9.78 Å². The zero-order chi connectivity index (χ0) is 16.5. The molecule has 0 saturated heterocycles. The average molecular weight is 306 g/mol. The van der Waals surface area contributed by atoms with E-state index in [-0.39, 0.29) is 23.3 Å². The fraction of sp³-hybridized carbons (Fsp3) is 0.588. The van der Waals surface area contributed by atoms with E-state index in [2.05, 4.69) is 18.8 Å². The molecule has 1 rings (SSSR count). The Morgan fingerprint density at radius 1 is 1.18 bits per heavy atom. The maximum absolute atomic E-state index is 12.7. The molecule has 0 spiro atoms. The van der Waals surface area contributed by atoms with Crippen LogP contribution in [0.25, 0.3) is 0 Å². The summed E-state index contributed by atoms with van der Waals surface area (Å²) in [6.45, 7) is 6.94. The minimum atomic E-state index is -1.12. The van der Waals surface area contributed by atoms with E-state index in [4.69, 9.17) is 5.11 Å². The number of aromatic carboxylic acids is 1. The molecule has 1 atom stereocenters. The third kappa shape index (κ3) is 5.13. The number of carbonyl (C=O) groups excluding carboxylic acids is 1. The molecule has 1 aromatic heterocycles. The quantitative estimate of drug-likeness (QED) is 0.708. The lowest BCUT2D eigenvalue weighted by atomic mass is 10.1. The molecule has 1 unspecified atom stereocenters. The molecule has 122 valence electrons. The Balaban J connectivity index is 2.94. The normalized spacial score (nSPS) is 12.0. The number of carboxylic acid groups (broad SMARTS) is 1. The number of aromatic nitrogens is 1. The number of carboxylic acids is 1. The summed E-state index contributed by atoms with van der Waals surface area (Å²) in [6.07, 6.45) is 5.05. The van der Waals surface area contributed by atoms with E-state index in [1.807, 2.05) is 11.8 Å². The van der Waals surface area contributed by atoms with Gasteiger partial charge in [0, 0.05) is 12.6 Å². The van der Waals surface area contributed by atoms with Crippen molar-refractivity contribution in [2.24, 2.45) is 0 Å². The fourth-order valence-electron chi connectivity index (χ4n) is 2.45. The highest BCUT2D eigenvalue weighted by atomic mass is 16.4. The summed E-state index contributed by atoms with van der Waals surface area (Å²) in [5, 5.41) is 9.01. The van der Waals surface area contributed by atoms with Crippen molar-refractivity contribution in [2.75, 3.05) is 6.54 Å². The molecule has 0 fully saturated rings. The van der Waals surface area contributed by atoms with Crippen LogP contribution in [0.15, 0.2) is 18.2 Å². The molecular formula is C17H26N2O3. The van der Waals surface area contributed by atoms with E-state index in [1.165, 1.54) is 6.07 Å². The standard InChI is InChI=1S/C17H26N2O3/c1-4-6-7-12-19(13(3)9-5-2)16(20)14-10-8-11-15(18-14)17(21)22/h8,10-11,13H,4-7,9,12H2,1-3H3,(H,21,22). The third-order valence-electron chi connectivity index (χ3n) is 3.69. The van der Waals surface area contributed by atoms with Crippen LogP contribution in [0, 0.1) is 0 Å². The lowest BCUT2D eigenvalue weighted by Gasteiger charge is -2.29. The van der Waals surface area contributed by atoms with E-state index < -0.39 is 5.97 Å². The van der Waals surface area contributed by atoms with Gasteiger partial charge in [-0.2, -0.15) is 0 Å². The summed E-state index contributed by atoms with van der Waals surface area (Å²) in [7, 11) is 0. The van der Waals surface area contributed by atoms with E-state index in [9.17, 15) is 9.59 Å². The highest BCUT2D eigenvalue weighted by Crippen LogP contribution is 2.13. The van der Waals surface area contributed by atoms with Gasteiger partial charge in [-0.05, 0) is 31.9 Å².